The first-order valence-electron chi connectivity index (χ1n) is 28.8. The molecule has 0 amide bonds. The Morgan fingerprint density at radius 3 is 0.956 bits per heavy atom. The summed E-state index contributed by atoms with van der Waals surface area (Å²) in [5, 5.41) is 9.65. The second kappa shape index (κ2) is 58.1. The summed E-state index contributed by atoms with van der Waals surface area (Å²) < 4.78 is 10.7. The van der Waals surface area contributed by atoms with Crippen LogP contribution in [0.5, 0.6) is 0 Å². The maximum absolute atomic E-state index is 12.3. The Labute approximate surface area is 421 Å². The second-order valence-corrected chi connectivity index (χ2v) is 19.0. The maximum atomic E-state index is 12.3. The molecule has 0 radical (unpaired) electrons. The van der Waals surface area contributed by atoms with E-state index >= 15 is 0 Å². The standard InChI is InChI=1S/C63H108O5/c1-3-5-7-9-11-13-15-17-19-21-23-25-26-27-28-29-30-31-32-33-34-35-36-38-40-42-44-46-48-50-52-54-56-58-63(66)68-61(59-64)60-67-62(65)57-55-53-51-49-47-45-43-41-39-37-24-22-20-18-16-14-12-10-8-6-4-2/h5,7,11,13,16-19,22-25,27-28,39,41,61,64H,3-4,6,8-10,12,14-15,20-21,26,29-38,40,42-60H2,1-2H3/b7-5-,13-11-,18-16-,19-17-,24-22-,25-23-,28-27-,41-39-. The topological polar surface area (TPSA) is 72.8 Å². The van der Waals surface area contributed by atoms with Gasteiger partial charge in [-0.2, -0.15) is 0 Å². The Hall–Kier alpha value is -3.18. The second-order valence-electron chi connectivity index (χ2n) is 19.0. The highest BCUT2D eigenvalue weighted by Crippen LogP contribution is 2.16. The van der Waals surface area contributed by atoms with Crippen molar-refractivity contribution in [3.8, 4) is 0 Å². The number of aliphatic hydroxyl groups is 1. The van der Waals surface area contributed by atoms with E-state index in [1.54, 1.807) is 0 Å². The number of unbranched alkanes of at least 4 members (excludes halogenated alkanes) is 28. The van der Waals surface area contributed by atoms with Crippen LogP contribution in [0.25, 0.3) is 0 Å². The minimum absolute atomic E-state index is 0.0748. The molecule has 0 aliphatic heterocycles. The first kappa shape index (κ1) is 64.8. The fourth-order valence-corrected chi connectivity index (χ4v) is 8.06. The fraction of sp³-hybridized carbons (Fsp3) is 0.714. The number of esters is 2. The van der Waals surface area contributed by atoms with E-state index in [1.165, 1.54) is 154 Å². The molecule has 0 aliphatic rings. The van der Waals surface area contributed by atoms with Gasteiger partial charge >= 0.3 is 11.9 Å². The van der Waals surface area contributed by atoms with Gasteiger partial charge in [0, 0.05) is 12.8 Å². The van der Waals surface area contributed by atoms with E-state index in [4.69, 9.17) is 9.47 Å². The smallest absolute Gasteiger partial charge is 0.306 e. The zero-order valence-corrected chi connectivity index (χ0v) is 44.6. The van der Waals surface area contributed by atoms with Crippen LogP contribution in [-0.4, -0.2) is 36.4 Å². The lowest BCUT2D eigenvalue weighted by molar-refractivity contribution is -0.161. The van der Waals surface area contributed by atoms with Gasteiger partial charge in [-0.1, -0.05) is 259 Å². The summed E-state index contributed by atoms with van der Waals surface area (Å²) in [5.74, 6) is -0.601. The van der Waals surface area contributed by atoms with Crippen molar-refractivity contribution in [1.82, 2.24) is 0 Å². The number of carbonyl (C=O) groups is 2. The number of allylic oxidation sites excluding steroid dienone is 16. The molecule has 0 bridgehead atoms. The molecule has 1 atom stereocenters. The van der Waals surface area contributed by atoms with Gasteiger partial charge in [0.1, 0.15) is 6.61 Å². The Morgan fingerprint density at radius 1 is 0.353 bits per heavy atom. The maximum Gasteiger partial charge on any atom is 0.306 e. The van der Waals surface area contributed by atoms with Gasteiger partial charge in [0.25, 0.3) is 0 Å². The molecule has 0 fully saturated rings. The molecule has 0 spiro atoms. The molecule has 0 aromatic rings. The SMILES string of the molecule is CC/C=C\C/C=C\C/C=C\C/C=C\C/C=C\CCCCCCCCCCCCCCCCCCCC(=O)OC(CO)COC(=O)CCCCCCCC/C=C\C/C=C\C/C=C\CCCCCCC. The van der Waals surface area contributed by atoms with E-state index in [9.17, 15) is 14.7 Å². The Bertz CT molecular complexity index is 1300. The summed E-state index contributed by atoms with van der Waals surface area (Å²) in [7, 11) is 0. The monoisotopic (exact) mass is 945 g/mol. The van der Waals surface area contributed by atoms with Crippen molar-refractivity contribution in [3.63, 3.8) is 0 Å². The molecule has 68 heavy (non-hydrogen) atoms. The Morgan fingerprint density at radius 2 is 0.632 bits per heavy atom. The van der Waals surface area contributed by atoms with Crippen molar-refractivity contribution < 1.29 is 24.2 Å². The normalized spacial score (nSPS) is 12.9. The van der Waals surface area contributed by atoms with E-state index in [2.05, 4.69) is 111 Å². The van der Waals surface area contributed by atoms with Crippen LogP contribution in [0.1, 0.15) is 271 Å². The number of ether oxygens (including phenoxy) is 2. The molecule has 0 heterocycles. The number of rotatable bonds is 52. The van der Waals surface area contributed by atoms with Gasteiger partial charge in [-0.25, -0.2) is 0 Å². The summed E-state index contributed by atoms with van der Waals surface area (Å²) >= 11 is 0. The molecule has 0 saturated heterocycles. The van der Waals surface area contributed by atoms with Crippen molar-refractivity contribution in [2.75, 3.05) is 13.2 Å². The lowest BCUT2D eigenvalue weighted by atomic mass is 10.0. The van der Waals surface area contributed by atoms with Gasteiger partial charge in [0.15, 0.2) is 6.10 Å². The Balaban J connectivity index is 3.50. The molecule has 0 aromatic carbocycles. The van der Waals surface area contributed by atoms with Gasteiger partial charge < -0.3 is 14.6 Å². The number of carbonyl (C=O) groups excluding carboxylic acids is 2. The van der Waals surface area contributed by atoms with Crippen LogP contribution >= 0.6 is 0 Å². The molecule has 0 aromatic heterocycles. The molecule has 5 nitrogen and oxygen atoms in total. The first-order chi connectivity index (χ1) is 33.6. The number of hydrogen-bond acceptors (Lipinski definition) is 5. The van der Waals surface area contributed by atoms with E-state index in [1.807, 2.05) is 0 Å². The number of hydrogen-bond donors (Lipinski definition) is 1. The molecule has 1 unspecified atom stereocenters. The lowest BCUT2D eigenvalue weighted by Gasteiger charge is -2.15. The fourth-order valence-electron chi connectivity index (χ4n) is 8.06. The average molecular weight is 946 g/mol. The predicted molar refractivity (Wildman–Crippen MR) is 297 cm³/mol. The molecular formula is C63H108O5. The molecular weight excluding hydrogens is 837 g/mol. The van der Waals surface area contributed by atoms with Crippen molar-refractivity contribution in [3.05, 3.63) is 97.2 Å². The van der Waals surface area contributed by atoms with Crippen molar-refractivity contribution in [2.24, 2.45) is 0 Å². The summed E-state index contributed by atoms with van der Waals surface area (Å²) in [6, 6.07) is 0. The molecule has 0 rings (SSSR count). The largest absolute Gasteiger partial charge is 0.462 e. The van der Waals surface area contributed by atoms with Crippen molar-refractivity contribution in [2.45, 2.75) is 277 Å². The molecule has 5 heteroatoms. The highest BCUT2D eigenvalue weighted by Gasteiger charge is 2.16. The molecule has 1 N–H and O–H groups in total. The van der Waals surface area contributed by atoms with Crippen LogP contribution in [0.3, 0.4) is 0 Å². The third-order valence-electron chi connectivity index (χ3n) is 12.4. The average Bonchev–Trinajstić information content (AvgIpc) is 3.34. The summed E-state index contributed by atoms with van der Waals surface area (Å²) in [5.41, 5.74) is 0. The first-order valence-corrected chi connectivity index (χ1v) is 28.8. The zero-order valence-electron chi connectivity index (χ0n) is 44.6. The van der Waals surface area contributed by atoms with Crippen molar-refractivity contribution in [1.29, 1.82) is 0 Å². The Kier molecular flexibility index (Phi) is 55.4. The van der Waals surface area contributed by atoms with Crippen LogP contribution in [0, 0.1) is 0 Å². The molecule has 0 aliphatic carbocycles. The van der Waals surface area contributed by atoms with Crippen LogP contribution in [0.15, 0.2) is 97.2 Å². The molecule has 0 saturated carbocycles. The van der Waals surface area contributed by atoms with E-state index in [0.29, 0.717) is 12.8 Å². The van der Waals surface area contributed by atoms with Gasteiger partial charge in [-0.3, -0.25) is 9.59 Å². The van der Waals surface area contributed by atoms with Crippen molar-refractivity contribution >= 4 is 11.9 Å². The summed E-state index contributed by atoms with van der Waals surface area (Å²) in [6.45, 7) is 4.02. The quantitative estimate of drug-likeness (QED) is 0.0374. The highest BCUT2D eigenvalue weighted by atomic mass is 16.6. The van der Waals surface area contributed by atoms with Gasteiger partial charge in [0.05, 0.1) is 6.61 Å². The minimum Gasteiger partial charge on any atom is -0.462 e. The lowest BCUT2D eigenvalue weighted by Crippen LogP contribution is -2.28. The van der Waals surface area contributed by atoms with Gasteiger partial charge in [0.2, 0.25) is 0 Å². The van der Waals surface area contributed by atoms with Gasteiger partial charge in [-0.15, -0.1) is 0 Å². The summed E-state index contributed by atoms with van der Waals surface area (Å²) in [6.07, 6.45) is 82.4. The predicted octanol–water partition coefficient (Wildman–Crippen LogP) is 19.5. The van der Waals surface area contributed by atoms with Crippen LogP contribution in [-0.2, 0) is 19.1 Å². The minimum atomic E-state index is -0.782. The zero-order chi connectivity index (χ0) is 49.2. The van der Waals surface area contributed by atoms with E-state index in [-0.39, 0.29) is 25.2 Å². The van der Waals surface area contributed by atoms with Gasteiger partial charge in [-0.05, 0) is 96.3 Å². The summed E-state index contributed by atoms with van der Waals surface area (Å²) in [4.78, 5) is 24.5. The van der Waals surface area contributed by atoms with E-state index in [0.717, 1.165) is 89.9 Å². The van der Waals surface area contributed by atoms with E-state index < -0.39 is 6.10 Å². The third kappa shape index (κ3) is 55.4. The number of aliphatic hydroxyl groups excluding tert-OH is 1. The van der Waals surface area contributed by atoms with Crippen LogP contribution < -0.4 is 0 Å². The molecule has 390 valence electrons. The highest BCUT2D eigenvalue weighted by molar-refractivity contribution is 5.70. The van der Waals surface area contributed by atoms with Crippen LogP contribution in [0.2, 0.25) is 0 Å². The third-order valence-corrected chi connectivity index (χ3v) is 12.4. The van der Waals surface area contributed by atoms with Crippen LogP contribution in [0.4, 0.5) is 0 Å².